The predicted molar refractivity (Wildman–Crippen MR) is 82.1 cm³/mol. The fraction of sp³-hybridized carbons (Fsp3) is 0.571. The summed E-state index contributed by atoms with van der Waals surface area (Å²) < 4.78 is 22.6. The van der Waals surface area contributed by atoms with E-state index in [9.17, 15) is 8.42 Å². The topological polar surface area (TPSA) is 89.4 Å². The fourth-order valence-corrected chi connectivity index (χ4v) is 3.46. The number of primary sulfonamides is 1. The van der Waals surface area contributed by atoms with E-state index < -0.39 is 10.0 Å². The molecular weight excluding hydrogens is 274 g/mol. The van der Waals surface area contributed by atoms with Gasteiger partial charge >= 0.3 is 0 Å². The van der Waals surface area contributed by atoms with Crippen LogP contribution in [-0.4, -0.2) is 22.0 Å². The van der Waals surface area contributed by atoms with Crippen molar-refractivity contribution in [3.63, 3.8) is 0 Å². The Bertz CT molecular complexity index is 566. The second kappa shape index (κ2) is 6.01. The largest absolute Gasteiger partial charge is 0.397 e. The smallest absolute Gasteiger partial charge is 0.238 e. The van der Waals surface area contributed by atoms with Gasteiger partial charge in [-0.15, -0.1) is 0 Å². The monoisotopic (exact) mass is 297 g/mol. The van der Waals surface area contributed by atoms with E-state index in [2.05, 4.69) is 4.90 Å². The lowest BCUT2D eigenvalue weighted by Crippen LogP contribution is -2.27. The van der Waals surface area contributed by atoms with E-state index in [1.807, 2.05) is 7.05 Å². The van der Waals surface area contributed by atoms with Crippen LogP contribution in [-0.2, 0) is 10.0 Å². The number of rotatable bonds is 4. The minimum absolute atomic E-state index is 0.0600. The van der Waals surface area contributed by atoms with Crippen LogP contribution in [0.4, 0.5) is 11.4 Å². The molecule has 1 aromatic carbocycles. The second-order valence-corrected chi connectivity index (χ2v) is 7.21. The van der Waals surface area contributed by atoms with Crippen LogP contribution in [0.25, 0.3) is 0 Å². The maximum absolute atomic E-state index is 11.3. The first-order chi connectivity index (χ1) is 9.38. The number of benzene rings is 1. The molecule has 0 unspecified atom stereocenters. The first-order valence-electron chi connectivity index (χ1n) is 7.01. The van der Waals surface area contributed by atoms with Crippen LogP contribution >= 0.6 is 0 Å². The number of hydrogen-bond acceptors (Lipinski definition) is 4. The maximum Gasteiger partial charge on any atom is 0.238 e. The van der Waals surface area contributed by atoms with E-state index in [1.165, 1.54) is 44.2 Å². The van der Waals surface area contributed by atoms with Crippen molar-refractivity contribution in [3.05, 3.63) is 18.2 Å². The van der Waals surface area contributed by atoms with Gasteiger partial charge in [0.25, 0.3) is 0 Å². The molecule has 0 bridgehead atoms. The third-order valence-corrected chi connectivity index (χ3v) is 4.91. The SMILES string of the molecule is CN(CC1CCCCC1)c1ccc(S(N)(=O)=O)cc1N. The van der Waals surface area contributed by atoms with E-state index in [1.54, 1.807) is 6.07 Å². The molecule has 1 aromatic rings. The highest BCUT2D eigenvalue weighted by molar-refractivity contribution is 7.89. The molecule has 1 aliphatic carbocycles. The Labute approximate surface area is 121 Å². The Balaban J connectivity index is 2.11. The van der Waals surface area contributed by atoms with Gasteiger partial charge in [-0.2, -0.15) is 0 Å². The van der Waals surface area contributed by atoms with Gasteiger partial charge in [-0.3, -0.25) is 0 Å². The lowest BCUT2D eigenvalue weighted by atomic mass is 9.89. The first kappa shape index (κ1) is 15.1. The molecule has 1 fully saturated rings. The van der Waals surface area contributed by atoms with Gasteiger partial charge in [-0.1, -0.05) is 19.3 Å². The van der Waals surface area contributed by atoms with E-state index in [4.69, 9.17) is 10.9 Å². The molecule has 0 heterocycles. The first-order valence-corrected chi connectivity index (χ1v) is 8.56. The normalized spacial score (nSPS) is 17.1. The van der Waals surface area contributed by atoms with Gasteiger partial charge in [0.2, 0.25) is 10.0 Å². The highest BCUT2D eigenvalue weighted by atomic mass is 32.2. The summed E-state index contributed by atoms with van der Waals surface area (Å²) in [6, 6.07) is 4.68. The Morgan fingerprint density at radius 2 is 1.90 bits per heavy atom. The molecule has 0 saturated heterocycles. The summed E-state index contributed by atoms with van der Waals surface area (Å²) in [6.45, 7) is 0.957. The Morgan fingerprint density at radius 3 is 2.45 bits per heavy atom. The van der Waals surface area contributed by atoms with Crippen molar-refractivity contribution in [3.8, 4) is 0 Å². The average molecular weight is 297 g/mol. The van der Waals surface area contributed by atoms with E-state index in [0.717, 1.165) is 12.2 Å². The number of sulfonamides is 1. The average Bonchev–Trinajstić information content (AvgIpc) is 2.38. The van der Waals surface area contributed by atoms with Crippen LogP contribution in [0.2, 0.25) is 0 Å². The molecule has 4 N–H and O–H groups in total. The molecular formula is C14H23N3O2S. The summed E-state index contributed by atoms with van der Waals surface area (Å²) in [7, 11) is -1.70. The van der Waals surface area contributed by atoms with Crippen LogP contribution in [0, 0.1) is 5.92 Å². The number of hydrogen-bond donors (Lipinski definition) is 2. The summed E-state index contributed by atoms with van der Waals surface area (Å²) in [5, 5.41) is 5.10. The third kappa shape index (κ3) is 3.64. The lowest BCUT2D eigenvalue weighted by molar-refractivity contribution is 0.362. The quantitative estimate of drug-likeness (QED) is 0.831. The molecule has 0 radical (unpaired) electrons. The summed E-state index contributed by atoms with van der Waals surface area (Å²) in [5.74, 6) is 0.700. The number of nitrogens with zero attached hydrogens (tertiary/aromatic N) is 1. The molecule has 0 spiro atoms. The Hall–Kier alpha value is -1.27. The standard InChI is InChI=1S/C14H23N3O2S/c1-17(10-11-5-3-2-4-6-11)14-8-7-12(9-13(14)15)20(16,18)19/h7-9,11H,2-6,10,15H2,1H3,(H2,16,18,19). The minimum Gasteiger partial charge on any atom is -0.397 e. The number of nitrogens with two attached hydrogens (primary N) is 2. The van der Waals surface area contributed by atoms with Gasteiger partial charge in [0, 0.05) is 13.6 Å². The van der Waals surface area contributed by atoms with Gasteiger partial charge in [-0.05, 0) is 37.0 Å². The zero-order valence-electron chi connectivity index (χ0n) is 11.9. The van der Waals surface area contributed by atoms with E-state index in [0.29, 0.717) is 11.6 Å². The van der Waals surface area contributed by atoms with E-state index >= 15 is 0 Å². The molecule has 0 amide bonds. The van der Waals surface area contributed by atoms with Gasteiger partial charge in [0.05, 0.1) is 16.3 Å². The zero-order valence-corrected chi connectivity index (χ0v) is 12.7. The van der Waals surface area contributed by atoms with Crippen molar-refractivity contribution in [1.29, 1.82) is 0 Å². The summed E-state index contributed by atoms with van der Waals surface area (Å²) in [5.41, 5.74) is 7.28. The van der Waals surface area contributed by atoms with Crippen molar-refractivity contribution in [2.45, 2.75) is 37.0 Å². The molecule has 6 heteroatoms. The summed E-state index contributed by atoms with van der Waals surface area (Å²) in [4.78, 5) is 2.17. The molecule has 112 valence electrons. The van der Waals surface area contributed by atoms with Gasteiger partial charge in [0.15, 0.2) is 0 Å². The third-order valence-electron chi connectivity index (χ3n) is 4.00. The van der Waals surface area contributed by atoms with Gasteiger partial charge in [0.1, 0.15) is 0 Å². The molecule has 1 aliphatic rings. The highest BCUT2D eigenvalue weighted by Gasteiger charge is 2.17. The minimum atomic E-state index is -3.69. The molecule has 5 nitrogen and oxygen atoms in total. The second-order valence-electron chi connectivity index (χ2n) is 5.65. The lowest BCUT2D eigenvalue weighted by Gasteiger charge is -2.29. The predicted octanol–water partition coefficient (Wildman–Crippen LogP) is 1.93. The van der Waals surface area contributed by atoms with Crippen LogP contribution in [0.3, 0.4) is 0 Å². The summed E-state index contributed by atoms with van der Waals surface area (Å²) in [6.07, 6.45) is 6.47. The van der Waals surface area contributed by atoms with Gasteiger partial charge < -0.3 is 10.6 Å². The van der Waals surface area contributed by atoms with Crippen molar-refractivity contribution >= 4 is 21.4 Å². The zero-order chi connectivity index (χ0) is 14.8. The highest BCUT2D eigenvalue weighted by Crippen LogP contribution is 2.29. The molecule has 0 aliphatic heterocycles. The van der Waals surface area contributed by atoms with Crippen LogP contribution in [0.1, 0.15) is 32.1 Å². The Morgan fingerprint density at radius 1 is 1.25 bits per heavy atom. The van der Waals surface area contributed by atoms with Crippen molar-refractivity contribution in [1.82, 2.24) is 0 Å². The van der Waals surface area contributed by atoms with Crippen LogP contribution in [0.15, 0.2) is 23.1 Å². The van der Waals surface area contributed by atoms with Crippen molar-refractivity contribution in [2.24, 2.45) is 11.1 Å². The molecule has 0 atom stereocenters. The summed E-state index contributed by atoms with van der Waals surface area (Å²) >= 11 is 0. The molecule has 1 saturated carbocycles. The van der Waals surface area contributed by atoms with Crippen LogP contribution in [0.5, 0.6) is 0 Å². The van der Waals surface area contributed by atoms with E-state index in [-0.39, 0.29) is 4.90 Å². The maximum atomic E-state index is 11.3. The molecule has 20 heavy (non-hydrogen) atoms. The number of anilines is 2. The fourth-order valence-electron chi connectivity index (χ4n) is 2.91. The van der Waals surface area contributed by atoms with Crippen molar-refractivity contribution in [2.75, 3.05) is 24.2 Å². The molecule has 2 rings (SSSR count). The van der Waals surface area contributed by atoms with Crippen molar-refractivity contribution < 1.29 is 8.42 Å². The van der Waals surface area contributed by atoms with Crippen LogP contribution < -0.4 is 15.8 Å². The van der Waals surface area contributed by atoms with Gasteiger partial charge in [-0.25, -0.2) is 13.6 Å². The number of nitrogen functional groups attached to an aromatic ring is 1. The Kier molecular flexibility index (Phi) is 4.55. The molecule has 0 aromatic heterocycles.